The molecular formula is C21H11BrN2O2S2. The Bertz CT molecular complexity index is 1350. The van der Waals surface area contributed by atoms with Gasteiger partial charge < -0.3 is 4.42 Å². The van der Waals surface area contributed by atoms with Gasteiger partial charge in [0.1, 0.15) is 5.58 Å². The monoisotopic (exact) mass is 466 g/mol. The first-order valence-electron chi connectivity index (χ1n) is 8.38. The Morgan fingerprint density at radius 2 is 1.54 bits per heavy atom. The Kier molecular flexibility index (Phi) is 4.43. The van der Waals surface area contributed by atoms with E-state index in [1.54, 1.807) is 17.4 Å². The second-order valence-corrected chi connectivity index (χ2v) is 8.70. The van der Waals surface area contributed by atoms with Crippen molar-refractivity contribution in [1.29, 1.82) is 0 Å². The molecule has 3 heterocycles. The normalized spacial score (nSPS) is 11.2. The lowest BCUT2D eigenvalue weighted by molar-refractivity contribution is 0.563. The summed E-state index contributed by atoms with van der Waals surface area (Å²) in [5.41, 5.74) is 3.23. The highest BCUT2D eigenvalue weighted by Crippen LogP contribution is 2.33. The van der Waals surface area contributed by atoms with Gasteiger partial charge in [0.25, 0.3) is 0 Å². The van der Waals surface area contributed by atoms with Crippen LogP contribution >= 0.6 is 38.6 Å². The zero-order valence-corrected chi connectivity index (χ0v) is 17.5. The van der Waals surface area contributed by atoms with Crippen molar-refractivity contribution < 1.29 is 4.42 Å². The predicted molar refractivity (Wildman–Crippen MR) is 118 cm³/mol. The van der Waals surface area contributed by atoms with Gasteiger partial charge in [-0.25, -0.2) is 14.8 Å². The molecule has 0 spiro atoms. The van der Waals surface area contributed by atoms with Crippen molar-refractivity contribution >= 4 is 49.6 Å². The van der Waals surface area contributed by atoms with Gasteiger partial charge in [-0.05, 0) is 24.3 Å². The van der Waals surface area contributed by atoms with Crippen LogP contribution in [-0.4, -0.2) is 9.97 Å². The number of thiazole rings is 2. The van der Waals surface area contributed by atoms with Crippen molar-refractivity contribution in [3.63, 3.8) is 0 Å². The molecule has 136 valence electrons. The highest BCUT2D eigenvalue weighted by Gasteiger charge is 2.15. The number of fused-ring (bicyclic) bond motifs is 1. The summed E-state index contributed by atoms with van der Waals surface area (Å²) in [6.07, 6.45) is 0. The largest absolute Gasteiger partial charge is 0.422 e. The second-order valence-electron chi connectivity index (χ2n) is 6.07. The molecule has 0 saturated carbocycles. The quantitative estimate of drug-likeness (QED) is 0.286. The summed E-state index contributed by atoms with van der Waals surface area (Å²) in [6.45, 7) is 0. The fourth-order valence-electron chi connectivity index (χ4n) is 2.86. The average Bonchev–Trinajstić information content (AvgIpc) is 3.38. The van der Waals surface area contributed by atoms with Crippen LogP contribution < -0.4 is 5.63 Å². The first-order chi connectivity index (χ1) is 13.7. The van der Waals surface area contributed by atoms with E-state index >= 15 is 0 Å². The van der Waals surface area contributed by atoms with Crippen molar-refractivity contribution in [3.05, 3.63) is 80.3 Å². The van der Waals surface area contributed by atoms with E-state index in [-0.39, 0.29) is 5.63 Å². The fourth-order valence-corrected chi connectivity index (χ4v) is 4.82. The van der Waals surface area contributed by atoms with Crippen molar-refractivity contribution in [3.8, 4) is 32.5 Å². The molecular weight excluding hydrogens is 456 g/mol. The number of halogens is 1. The highest BCUT2D eigenvalue weighted by atomic mass is 79.9. The molecule has 0 radical (unpaired) electrons. The Labute approximate surface area is 176 Å². The molecule has 0 bridgehead atoms. The third kappa shape index (κ3) is 3.22. The smallest absolute Gasteiger partial charge is 0.345 e. The molecule has 4 nitrogen and oxygen atoms in total. The summed E-state index contributed by atoms with van der Waals surface area (Å²) in [5, 5.41) is 6.38. The zero-order valence-electron chi connectivity index (χ0n) is 14.3. The molecule has 0 amide bonds. The van der Waals surface area contributed by atoms with Gasteiger partial charge in [-0.2, -0.15) is 0 Å². The Morgan fingerprint density at radius 3 is 2.32 bits per heavy atom. The fraction of sp³-hybridized carbons (Fsp3) is 0. The van der Waals surface area contributed by atoms with E-state index in [1.807, 2.05) is 59.3 Å². The molecule has 3 aromatic heterocycles. The van der Waals surface area contributed by atoms with Crippen LogP contribution in [0.25, 0.3) is 43.5 Å². The number of hydrogen-bond donors (Lipinski definition) is 0. The van der Waals surface area contributed by atoms with Crippen molar-refractivity contribution in [2.24, 2.45) is 0 Å². The van der Waals surface area contributed by atoms with E-state index < -0.39 is 0 Å². The maximum atomic E-state index is 12.4. The minimum absolute atomic E-state index is 0.384. The molecule has 5 rings (SSSR count). The van der Waals surface area contributed by atoms with E-state index in [4.69, 9.17) is 9.40 Å². The summed E-state index contributed by atoms with van der Waals surface area (Å²) in [6, 6.07) is 17.3. The van der Waals surface area contributed by atoms with E-state index in [1.165, 1.54) is 11.3 Å². The SMILES string of the molecule is O=c1oc2ccccc2cc1-c1csc(-c2nc(-c3ccc(Br)cc3)cs2)n1. The van der Waals surface area contributed by atoms with E-state index in [0.29, 0.717) is 16.8 Å². The Morgan fingerprint density at radius 1 is 0.857 bits per heavy atom. The minimum atomic E-state index is -0.384. The van der Waals surface area contributed by atoms with Crippen LogP contribution in [0.2, 0.25) is 0 Å². The van der Waals surface area contributed by atoms with E-state index in [0.717, 1.165) is 31.1 Å². The van der Waals surface area contributed by atoms with Gasteiger partial charge in [0.2, 0.25) is 0 Å². The third-order valence-electron chi connectivity index (χ3n) is 4.25. The topological polar surface area (TPSA) is 56.0 Å². The van der Waals surface area contributed by atoms with Gasteiger partial charge >= 0.3 is 5.63 Å². The first kappa shape index (κ1) is 17.5. The molecule has 0 N–H and O–H groups in total. The lowest BCUT2D eigenvalue weighted by Gasteiger charge is -1.99. The van der Waals surface area contributed by atoms with Crippen LogP contribution in [0.1, 0.15) is 0 Å². The lowest BCUT2D eigenvalue weighted by Crippen LogP contribution is -2.02. The van der Waals surface area contributed by atoms with Crippen molar-refractivity contribution in [1.82, 2.24) is 9.97 Å². The first-order valence-corrected chi connectivity index (χ1v) is 10.9. The number of benzene rings is 2. The molecule has 0 fully saturated rings. The molecule has 0 aliphatic heterocycles. The molecule has 0 atom stereocenters. The number of hydrogen-bond acceptors (Lipinski definition) is 6. The van der Waals surface area contributed by atoms with Gasteiger partial charge in [-0.1, -0.05) is 46.3 Å². The van der Waals surface area contributed by atoms with Crippen LogP contribution in [-0.2, 0) is 0 Å². The summed E-state index contributed by atoms with van der Waals surface area (Å²) in [4.78, 5) is 21.7. The lowest BCUT2D eigenvalue weighted by atomic mass is 10.1. The van der Waals surface area contributed by atoms with Crippen LogP contribution in [0, 0.1) is 0 Å². The molecule has 28 heavy (non-hydrogen) atoms. The number of rotatable bonds is 3. The third-order valence-corrected chi connectivity index (χ3v) is 6.60. The van der Waals surface area contributed by atoms with E-state index in [9.17, 15) is 4.79 Å². The summed E-state index contributed by atoms with van der Waals surface area (Å²) in [5.74, 6) is 0. The molecule has 2 aromatic carbocycles. The second kappa shape index (κ2) is 7.09. The molecule has 0 aliphatic rings. The van der Waals surface area contributed by atoms with Gasteiger partial charge in [-0.15, -0.1) is 22.7 Å². The summed E-state index contributed by atoms with van der Waals surface area (Å²) in [7, 11) is 0. The van der Waals surface area contributed by atoms with Crippen LogP contribution in [0.4, 0.5) is 0 Å². The molecule has 5 aromatic rings. The Balaban J connectivity index is 1.51. The highest BCUT2D eigenvalue weighted by molar-refractivity contribution is 9.10. The predicted octanol–water partition coefficient (Wildman–Crippen LogP) is 6.47. The van der Waals surface area contributed by atoms with Crippen molar-refractivity contribution in [2.45, 2.75) is 0 Å². The standard InChI is InChI=1S/C21H11BrN2O2S2/c22-14-7-5-12(6-8-14)16-10-27-19(23-16)20-24-17(11-28-20)15-9-13-3-1-2-4-18(13)26-21(15)25/h1-11H. The van der Waals surface area contributed by atoms with Gasteiger partial charge in [0.05, 0.1) is 17.0 Å². The molecule has 0 aliphatic carbocycles. The molecule has 7 heteroatoms. The maximum absolute atomic E-state index is 12.4. The van der Waals surface area contributed by atoms with Gasteiger partial charge in [0, 0.05) is 26.2 Å². The van der Waals surface area contributed by atoms with Crippen LogP contribution in [0.3, 0.4) is 0 Å². The minimum Gasteiger partial charge on any atom is -0.422 e. The average molecular weight is 467 g/mol. The maximum Gasteiger partial charge on any atom is 0.345 e. The van der Waals surface area contributed by atoms with Crippen molar-refractivity contribution in [2.75, 3.05) is 0 Å². The van der Waals surface area contributed by atoms with Crippen LogP contribution in [0.15, 0.2) is 79.0 Å². The Hall–Kier alpha value is -2.61. The molecule has 0 saturated heterocycles. The van der Waals surface area contributed by atoms with E-state index in [2.05, 4.69) is 20.9 Å². The number of aromatic nitrogens is 2. The number of para-hydroxylation sites is 1. The van der Waals surface area contributed by atoms with Crippen LogP contribution in [0.5, 0.6) is 0 Å². The van der Waals surface area contributed by atoms with Gasteiger partial charge in [0.15, 0.2) is 10.0 Å². The zero-order chi connectivity index (χ0) is 19.1. The summed E-state index contributed by atoms with van der Waals surface area (Å²) >= 11 is 6.46. The van der Waals surface area contributed by atoms with Gasteiger partial charge in [-0.3, -0.25) is 0 Å². The molecule has 0 unspecified atom stereocenters. The summed E-state index contributed by atoms with van der Waals surface area (Å²) < 4.78 is 6.46. The number of nitrogens with zero attached hydrogens (tertiary/aromatic N) is 2.